The zero-order valence-electron chi connectivity index (χ0n) is 16.6. The molecule has 0 spiro atoms. The van der Waals surface area contributed by atoms with Crippen molar-refractivity contribution >= 4 is 11.7 Å². The van der Waals surface area contributed by atoms with E-state index in [2.05, 4.69) is 27.3 Å². The summed E-state index contributed by atoms with van der Waals surface area (Å²) in [6.45, 7) is 3.30. The van der Waals surface area contributed by atoms with Crippen LogP contribution in [0.2, 0.25) is 0 Å². The number of ether oxygens (including phenoxy) is 1. The number of benzene rings is 1. The number of carbonyl (C=O) groups excluding carboxylic acids is 1. The fourth-order valence-corrected chi connectivity index (χ4v) is 3.56. The Morgan fingerprint density at radius 3 is 2.79 bits per heavy atom. The van der Waals surface area contributed by atoms with Gasteiger partial charge in [-0.25, -0.2) is 4.98 Å². The number of hydrogen-bond acceptors (Lipinski definition) is 5. The third-order valence-corrected chi connectivity index (χ3v) is 5.27. The number of piperidine rings is 1. The molecule has 1 aromatic heterocycles. The second-order valence-corrected chi connectivity index (χ2v) is 7.30. The van der Waals surface area contributed by atoms with Gasteiger partial charge in [0, 0.05) is 25.8 Å². The zero-order chi connectivity index (χ0) is 19.8. The predicted molar refractivity (Wildman–Crippen MR) is 112 cm³/mol. The number of nitrogens with zero attached hydrogens (tertiary/aromatic N) is 2. The van der Waals surface area contributed by atoms with Crippen molar-refractivity contribution in [2.24, 2.45) is 11.7 Å². The van der Waals surface area contributed by atoms with Crippen LogP contribution in [0.3, 0.4) is 0 Å². The topological polar surface area (TPSA) is 80.5 Å². The molecular formula is C22H30N4O2. The molecule has 1 fully saturated rings. The van der Waals surface area contributed by atoms with Gasteiger partial charge in [0.1, 0.15) is 11.6 Å². The standard InChI is InChI=1S/C22H30N4O2/c1-28-20-9-6-17(7-10-20)4-2-12-24-22(27)19-8-11-21(25-15-19)26-13-3-5-18(14-23)16-26/h6-11,15,18H,2-5,12-14,16,23H2,1H3,(H,24,27). The van der Waals surface area contributed by atoms with Crippen molar-refractivity contribution in [3.63, 3.8) is 0 Å². The first-order valence-electron chi connectivity index (χ1n) is 10.0. The van der Waals surface area contributed by atoms with Gasteiger partial charge in [-0.15, -0.1) is 0 Å². The third kappa shape index (κ3) is 5.45. The number of hydrogen-bond donors (Lipinski definition) is 2. The van der Waals surface area contributed by atoms with Crippen LogP contribution in [0.15, 0.2) is 42.6 Å². The normalized spacial score (nSPS) is 16.6. The van der Waals surface area contributed by atoms with Crippen molar-refractivity contribution < 1.29 is 9.53 Å². The third-order valence-electron chi connectivity index (χ3n) is 5.27. The summed E-state index contributed by atoms with van der Waals surface area (Å²) >= 11 is 0. The average Bonchev–Trinajstić information content (AvgIpc) is 2.77. The lowest BCUT2D eigenvalue weighted by Gasteiger charge is -2.33. The molecule has 1 aromatic carbocycles. The van der Waals surface area contributed by atoms with Gasteiger partial charge in [0.25, 0.3) is 5.91 Å². The van der Waals surface area contributed by atoms with Gasteiger partial charge >= 0.3 is 0 Å². The summed E-state index contributed by atoms with van der Waals surface area (Å²) in [4.78, 5) is 19.1. The summed E-state index contributed by atoms with van der Waals surface area (Å²) in [5, 5.41) is 2.97. The number of aryl methyl sites for hydroxylation is 1. The zero-order valence-corrected chi connectivity index (χ0v) is 16.6. The Labute approximate surface area is 167 Å². The van der Waals surface area contributed by atoms with Crippen molar-refractivity contribution in [2.75, 3.05) is 38.2 Å². The molecule has 1 amide bonds. The first-order valence-corrected chi connectivity index (χ1v) is 10.0. The van der Waals surface area contributed by atoms with E-state index in [4.69, 9.17) is 10.5 Å². The number of nitrogens with one attached hydrogen (secondary N) is 1. The van der Waals surface area contributed by atoms with Gasteiger partial charge in [-0.1, -0.05) is 12.1 Å². The predicted octanol–water partition coefficient (Wildman–Crippen LogP) is 2.63. The number of carbonyl (C=O) groups is 1. The Balaban J connectivity index is 1.44. The van der Waals surface area contributed by atoms with Gasteiger partial charge in [0.05, 0.1) is 12.7 Å². The van der Waals surface area contributed by atoms with Crippen LogP contribution in [0.1, 0.15) is 35.2 Å². The van der Waals surface area contributed by atoms with Crippen molar-refractivity contribution in [1.82, 2.24) is 10.3 Å². The molecule has 3 rings (SSSR count). The highest BCUT2D eigenvalue weighted by atomic mass is 16.5. The van der Waals surface area contributed by atoms with Gasteiger partial charge < -0.3 is 20.7 Å². The first kappa shape index (κ1) is 20.1. The van der Waals surface area contributed by atoms with Crippen molar-refractivity contribution in [2.45, 2.75) is 25.7 Å². The van der Waals surface area contributed by atoms with E-state index in [0.717, 1.165) is 43.9 Å². The number of anilines is 1. The van der Waals surface area contributed by atoms with E-state index < -0.39 is 0 Å². The van der Waals surface area contributed by atoms with Gasteiger partial charge in [-0.2, -0.15) is 0 Å². The molecule has 150 valence electrons. The van der Waals surface area contributed by atoms with Crippen LogP contribution < -0.4 is 20.7 Å². The molecule has 6 nitrogen and oxygen atoms in total. The smallest absolute Gasteiger partial charge is 0.252 e. The number of amides is 1. The van der Waals surface area contributed by atoms with Crippen LogP contribution in [0, 0.1) is 5.92 Å². The van der Waals surface area contributed by atoms with Gasteiger partial charge in [0.2, 0.25) is 0 Å². The second-order valence-electron chi connectivity index (χ2n) is 7.30. The van der Waals surface area contributed by atoms with Crippen LogP contribution in [-0.4, -0.2) is 44.2 Å². The second kappa shape index (κ2) is 10.1. The molecule has 3 N–H and O–H groups in total. The summed E-state index contributed by atoms with van der Waals surface area (Å²) < 4.78 is 5.16. The summed E-state index contributed by atoms with van der Waals surface area (Å²) in [6.07, 6.45) is 5.79. The molecule has 1 aliphatic heterocycles. The van der Waals surface area contributed by atoms with E-state index in [1.807, 2.05) is 24.3 Å². The Bertz CT molecular complexity index is 746. The lowest BCUT2D eigenvalue weighted by molar-refractivity contribution is 0.0953. The first-order chi connectivity index (χ1) is 13.7. The molecular weight excluding hydrogens is 352 g/mol. The number of pyridine rings is 1. The van der Waals surface area contributed by atoms with Crippen LogP contribution in [0.4, 0.5) is 5.82 Å². The minimum atomic E-state index is -0.0766. The fraction of sp³-hybridized carbons (Fsp3) is 0.455. The van der Waals surface area contributed by atoms with Crippen molar-refractivity contribution in [3.05, 3.63) is 53.7 Å². The van der Waals surface area contributed by atoms with E-state index in [-0.39, 0.29) is 5.91 Å². The number of aromatic nitrogens is 1. The molecule has 0 saturated carbocycles. The molecule has 2 aromatic rings. The summed E-state index contributed by atoms with van der Waals surface area (Å²) in [7, 11) is 1.66. The summed E-state index contributed by atoms with van der Waals surface area (Å²) in [5.41, 5.74) is 7.64. The molecule has 0 aliphatic carbocycles. The average molecular weight is 383 g/mol. The molecule has 0 radical (unpaired) electrons. The molecule has 1 unspecified atom stereocenters. The molecule has 1 aliphatic rings. The van der Waals surface area contributed by atoms with E-state index in [1.54, 1.807) is 13.3 Å². The maximum Gasteiger partial charge on any atom is 0.252 e. The van der Waals surface area contributed by atoms with E-state index in [1.165, 1.54) is 12.0 Å². The minimum absolute atomic E-state index is 0.0766. The summed E-state index contributed by atoms with van der Waals surface area (Å²) in [6, 6.07) is 11.8. The van der Waals surface area contributed by atoms with Crippen LogP contribution in [-0.2, 0) is 6.42 Å². The summed E-state index contributed by atoms with van der Waals surface area (Å²) in [5.74, 6) is 2.24. The lowest BCUT2D eigenvalue weighted by Crippen LogP contribution is -2.38. The van der Waals surface area contributed by atoms with Gasteiger partial charge in [0.15, 0.2) is 0 Å². The highest BCUT2D eigenvalue weighted by Crippen LogP contribution is 2.21. The largest absolute Gasteiger partial charge is 0.497 e. The number of rotatable bonds is 8. The molecule has 6 heteroatoms. The molecule has 1 atom stereocenters. The number of methoxy groups -OCH3 is 1. The van der Waals surface area contributed by atoms with E-state index >= 15 is 0 Å². The lowest BCUT2D eigenvalue weighted by atomic mass is 9.98. The molecule has 1 saturated heterocycles. The van der Waals surface area contributed by atoms with Crippen molar-refractivity contribution in [1.29, 1.82) is 0 Å². The quantitative estimate of drug-likeness (QED) is 0.686. The minimum Gasteiger partial charge on any atom is -0.497 e. The monoisotopic (exact) mass is 382 g/mol. The van der Waals surface area contributed by atoms with Gasteiger partial charge in [-0.05, 0) is 68.0 Å². The fourth-order valence-electron chi connectivity index (χ4n) is 3.56. The Morgan fingerprint density at radius 2 is 2.11 bits per heavy atom. The maximum atomic E-state index is 12.3. The molecule has 2 heterocycles. The molecule has 28 heavy (non-hydrogen) atoms. The number of nitrogens with two attached hydrogens (primary N) is 1. The highest BCUT2D eigenvalue weighted by Gasteiger charge is 2.19. The van der Waals surface area contributed by atoms with Crippen LogP contribution in [0.5, 0.6) is 5.75 Å². The van der Waals surface area contributed by atoms with E-state index in [0.29, 0.717) is 24.6 Å². The Morgan fingerprint density at radius 1 is 1.29 bits per heavy atom. The van der Waals surface area contributed by atoms with Crippen LogP contribution in [0.25, 0.3) is 0 Å². The SMILES string of the molecule is COc1ccc(CCCNC(=O)c2ccc(N3CCCC(CN)C3)nc2)cc1. The van der Waals surface area contributed by atoms with Crippen LogP contribution >= 0.6 is 0 Å². The van der Waals surface area contributed by atoms with Crippen molar-refractivity contribution in [3.8, 4) is 5.75 Å². The Hall–Kier alpha value is -2.60. The highest BCUT2D eigenvalue weighted by molar-refractivity contribution is 5.94. The maximum absolute atomic E-state index is 12.3. The molecule has 0 bridgehead atoms. The van der Waals surface area contributed by atoms with E-state index in [9.17, 15) is 4.79 Å². The van der Waals surface area contributed by atoms with Gasteiger partial charge in [-0.3, -0.25) is 4.79 Å². The Kier molecular flexibility index (Phi) is 7.25.